The fourth-order valence-electron chi connectivity index (χ4n) is 3.80. The summed E-state index contributed by atoms with van der Waals surface area (Å²) in [5, 5.41) is 13.1. The van der Waals surface area contributed by atoms with Gasteiger partial charge in [0.1, 0.15) is 16.9 Å². The van der Waals surface area contributed by atoms with Crippen LogP contribution >= 0.6 is 11.6 Å². The van der Waals surface area contributed by atoms with Crippen molar-refractivity contribution in [3.05, 3.63) is 46.9 Å². The number of hydrogen-bond donors (Lipinski definition) is 2. The minimum atomic E-state index is -2.77. The van der Waals surface area contributed by atoms with Gasteiger partial charge < -0.3 is 15.3 Å². The van der Waals surface area contributed by atoms with Crippen molar-refractivity contribution in [3.63, 3.8) is 0 Å². The van der Waals surface area contributed by atoms with Crippen LogP contribution in [0.25, 0.3) is 0 Å². The van der Waals surface area contributed by atoms with Crippen molar-refractivity contribution in [2.24, 2.45) is 0 Å². The fraction of sp³-hybridized carbons (Fsp3) is 0.571. The third-order valence-corrected chi connectivity index (χ3v) is 6.02. The second-order valence-corrected chi connectivity index (χ2v) is 8.57. The molecule has 0 spiro atoms. The third kappa shape index (κ3) is 5.47. The third-order valence-electron chi connectivity index (χ3n) is 5.71. The van der Waals surface area contributed by atoms with E-state index in [4.69, 9.17) is 11.6 Å². The second kappa shape index (κ2) is 9.58. The Morgan fingerprint density at radius 3 is 2.83 bits per heavy atom. The quantitative estimate of drug-likeness (QED) is 0.593. The fourth-order valence-corrected chi connectivity index (χ4v) is 3.98. The van der Waals surface area contributed by atoms with Crippen LogP contribution in [-0.2, 0) is 0 Å². The first kappa shape index (κ1) is 22.9. The van der Waals surface area contributed by atoms with Crippen LogP contribution in [0.1, 0.15) is 31.8 Å². The lowest BCUT2D eigenvalue weighted by Gasteiger charge is -2.33. The number of likely N-dealkylation sites (N-methyl/N-ethyl adjacent to an activating group) is 1. The van der Waals surface area contributed by atoms with E-state index < -0.39 is 23.8 Å². The molecule has 3 heterocycles. The molecule has 1 aromatic rings. The number of anilines is 1. The number of alkyl halides is 3. The topological polar surface area (TPSA) is 51.6 Å². The molecule has 1 fully saturated rings. The highest BCUT2D eigenvalue weighted by atomic mass is 35.5. The van der Waals surface area contributed by atoms with Crippen LogP contribution in [0.15, 0.2) is 36.2 Å². The number of likely N-dealkylation sites (tertiary alicyclic amines) is 1. The minimum Gasteiger partial charge on any atom is -0.385 e. The first-order valence-corrected chi connectivity index (χ1v) is 10.4. The van der Waals surface area contributed by atoms with Crippen LogP contribution in [0.2, 0.25) is 5.15 Å². The van der Waals surface area contributed by atoms with E-state index in [1.807, 2.05) is 17.2 Å². The van der Waals surface area contributed by atoms with E-state index in [0.717, 1.165) is 31.0 Å². The summed E-state index contributed by atoms with van der Waals surface area (Å²) in [4.78, 5) is 7.86. The number of rotatable bonds is 8. The monoisotopic (exact) mass is 444 g/mol. The maximum absolute atomic E-state index is 15.0. The number of nitrogens with zero attached hydrogens (tertiary/aromatic N) is 3. The number of hydrogen-bond acceptors (Lipinski definition) is 5. The molecule has 5 nitrogen and oxygen atoms in total. The van der Waals surface area contributed by atoms with Gasteiger partial charge in [0, 0.05) is 25.3 Å². The lowest BCUT2D eigenvalue weighted by atomic mass is 9.98. The summed E-state index contributed by atoms with van der Waals surface area (Å²) in [6.07, 6.45) is 5.25. The average molecular weight is 445 g/mol. The van der Waals surface area contributed by atoms with Crippen molar-refractivity contribution < 1.29 is 18.3 Å². The van der Waals surface area contributed by atoms with Gasteiger partial charge in [-0.25, -0.2) is 18.2 Å². The molecule has 3 atom stereocenters. The van der Waals surface area contributed by atoms with Crippen molar-refractivity contribution in [1.29, 1.82) is 0 Å². The van der Waals surface area contributed by atoms with E-state index in [1.54, 1.807) is 0 Å². The largest absolute Gasteiger partial charge is 0.385 e. The van der Waals surface area contributed by atoms with Gasteiger partial charge in [-0.15, -0.1) is 0 Å². The highest BCUT2D eigenvalue weighted by Crippen LogP contribution is 2.28. The van der Waals surface area contributed by atoms with Crippen LogP contribution in [0.4, 0.5) is 18.9 Å². The first-order chi connectivity index (χ1) is 14.2. The molecule has 3 rings (SSSR count). The Bertz CT molecular complexity index is 802. The molecule has 2 aliphatic rings. The molecule has 9 heteroatoms. The van der Waals surface area contributed by atoms with Crippen molar-refractivity contribution in [1.82, 2.24) is 14.8 Å². The predicted octanol–water partition coefficient (Wildman–Crippen LogP) is 4.02. The summed E-state index contributed by atoms with van der Waals surface area (Å²) < 4.78 is 40.9. The Kier molecular flexibility index (Phi) is 7.31. The van der Waals surface area contributed by atoms with Crippen molar-refractivity contribution in [2.75, 3.05) is 38.5 Å². The number of nitrogens with one attached hydrogen (secondary N) is 1. The highest BCUT2D eigenvalue weighted by molar-refractivity contribution is 6.30. The maximum Gasteiger partial charge on any atom is 0.266 e. The lowest BCUT2D eigenvalue weighted by Crippen LogP contribution is -2.48. The van der Waals surface area contributed by atoms with Crippen LogP contribution in [0.3, 0.4) is 0 Å². The first-order valence-electron chi connectivity index (χ1n) is 10.0. The zero-order valence-electron chi connectivity index (χ0n) is 17.2. The average Bonchev–Trinajstić information content (AvgIpc) is 3.13. The van der Waals surface area contributed by atoms with E-state index in [0.29, 0.717) is 12.6 Å². The van der Waals surface area contributed by atoms with Crippen LogP contribution in [0, 0.1) is 0 Å². The zero-order valence-corrected chi connectivity index (χ0v) is 17.9. The van der Waals surface area contributed by atoms with Gasteiger partial charge in [-0.3, -0.25) is 4.90 Å². The zero-order chi connectivity index (χ0) is 21.9. The molecule has 30 heavy (non-hydrogen) atoms. The lowest BCUT2D eigenvalue weighted by molar-refractivity contribution is -0.0171. The molecular weight excluding hydrogens is 417 g/mol. The summed E-state index contributed by atoms with van der Waals surface area (Å²) in [7, 11) is 2.09. The molecule has 0 saturated carbocycles. The SMILES string of the molecule is CN1CCC[C@@H]1C1=CN(CC(F)C(C)(O)CNc2cnc(Cl)c(C(F)F)c2)CC=C1. The molecule has 0 amide bonds. The van der Waals surface area contributed by atoms with Crippen molar-refractivity contribution in [2.45, 2.75) is 44.0 Å². The Balaban J connectivity index is 1.59. The Morgan fingerprint density at radius 2 is 2.17 bits per heavy atom. The van der Waals surface area contributed by atoms with Crippen molar-refractivity contribution >= 4 is 17.3 Å². The molecule has 0 aliphatic carbocycles. The Labute approximate surface area is 180 Å². The predicted molar refractivity (Wildman–Crippen MR) is 113 cm³/mol. The van der Waals surface area contributed by atoms with Gasteiger partial charge in [0.05, 0.1) is 24.0 Å². The van der Waals surface area contributed by atoms with Gasteiger partial charge >= 0.3 is 0 Å². The molecule has 0 aromatic carbocycles. The molecule has 2 aliphatic heterocycles. The molecule has 2 N–H and O–H groups in total. The van der Waals surface area contributed by atoms with Gasteiger partial charge in [0.25, 0.3) is 6.43 Å². The molecule has 2 unspecified atom stereocenters. The van der Waals surface area contributed by atoms with E-state index in [9.17, 15) is 18.3 Å². The van der Waals surface area contributed by atoms with Gasteiger partial charge in [-0.1, -0.05) is 23.8 Å². The Hall–Kier alpha value is -1.77. The Morgan fingerprint density at radius 1 is 1.40 bits per heavy atom. The maximum atomic E-state index is 15.0. The minimum absolute atomic E-state index is 0.0279. The molecule has 0 bridgehead atoms. The van der Waals surface area contributed by atoms with E-state index in [1.165, 1.54) is 13.1 Å². The van der Waals surface area contributed by atoms with Crippen molar-refractivity contribution in [3.8, 4) is 0 Å². The van der Waals surface area contributed by atoms with E-state index >= 15 is 0 Å². The summed E-state index contributed by atoms with van der Waals surface area (Å²) >= 11 is 5.66. The van der Waals surface area contributed by atoms with E-state index in [2.05, 4.69) is 28.3 Å². The summed E-state index contributed by atoms with van der Waals surface area (Å²) in [5.41, 5.74) is -0.718. The number of aromatic nitrogens is 1. The standard InChI is InChI=1S/C21H28ClF3N4O/c1-21(30,13-27-15-9-16(20(24)25)19(22)26-10-15)18(23)12-29-8-3-5-14(11-29)17-6-4-7-28(17)2/h3,5,9-11,17-18,20,27,30H,4,6-8,12-13H2,1-2H3/t17-,18?,21?/m1/s1. The summed E-state index contributed by atoms with van der Waals surface area (Å²) in [5.74, 6) is 0. The number of aliphatic hydroxyl groups is 1. The molecule has 0 radical (unpaired) electrons. The highest BCUT2D eigenvalue weighted by Gasteiger charge is 2.34. The van der Waals surface area contributed by atoms with Gasteiger partial charge in [0.15, 0.2) is 0 Å². The van der Waals surface area contributed by atoms with E-state index in [-0.39, 0.29) is 23.9 Å². The molecule has 1 saturated heterocycles. The summed E-state index contributed by atoms with van der Waals surface area (Å²) in [6, 6.07) is 1.50. The van der Waals surface area contributed by atoms with Crippen LogP contribution in [-0.4, -0.2) is 70.9 Å². The second-order valence-electron chi connectivity index (χ2n) is 8.21. The molecule has 1 aromatic heterocycles. The van der Waals surface area contributed by atoms with Crippen LogP contribution < -0.4 is 5.32 Å². The number of pyridine rings is 1. The summed E-state index contributed by atoms with van der Waals surface area (Å²) in [6.45, 7) is 2.88. The molecule has 166 valence electrons. The van der Waals surface area contributed by atoms with Gasteiger partial charge in [-0.05, 0) is 45.0 Å². The normalized spacial score (nSPS) is 22.9. The smallest absolute Gasteiger partial charge is 0.266 e. The number of halogens is 4. The molecular formula is C21H28ClF3N4O. The van der Waals surface area contributed by atoms with Crippen LogP contribution in [0.5, 0.6) is 0 Å². The van der Waals surface area contributed by atoms with Gasteiger partial charge in [0.2, 0.25) is 0 Å². The van der Waals surface area contributed by atoms with Gasteiger partial charge in [-0.2, -0.15) is 0 Å².